The zero-order chi connectivity index (χ0) is 15.1. The average Bonchev–Trinajstić information content (AvgIpc) is 2.43. The predicted molar refractivity (Wildman–Crippen MR) is 87.6 cm³/mol. The molecule has 1 fully saturated rings. The number of hydrogen-bond acceptors (Lipinski definition) is 3. The molecule has 0 heterocycles. The largest absolute Gasteiger partial charge is 0.382 e. The van der Waals surface area contributed by atoms with E-state index in [2.05, 4.69) is 43.4 Å². The fourth-order valence-electron chi connectivity index (χ4n) is 3.38. The van der Waals surface area contributed by atoms with Gasteiger partial charge in [0.1, 0.15) is 0 Å². The number of hydrogen-bond donors (Lipinski definition) is 1. The molecule has 21 heavy (non-hydrogen) atoms. The minimum absolute atomic E-state index is 0.605. The molecule has 0 aliphatic heterocycles. The van der Waals surface area contributed by atoms with Crippen LogP contribution >= 0.6 is 0 Å². The summed E-state index contributed by atoms with van der Waals surface area (Å²) in [6.07, 6.45) is 3.92. The van der Waals surface area contributed by atoms with E-state index in [9.17, 15) is 0 Å². The van der Waals surface area contributed by atoms with Crippen LogP contribution in [-0.4, -0.2) is 26.4 Å². The summed E-state index contributed by atoms with van der Waals surface area (Å²) in [6, 6.07) is 9.18. The van der Waals surface area contributed by atoms with E-state index in [4.69, 9.17) is 9.47 Å². The zero-order valence-electron chi connectivity index (χ0n) is 13.6. The van der Waals surface area contributed by atoms with Crippen molar-refractivity contribution in [2.75, 3.05) is 25.6 Å². The normalized spacial score (nSPS) is 25.8. The zero-order valence-corrected chi connectivity index (χ0v) is 13.6. The Balaban J connectivity index is 1.85. The lowest BCUT2D eigenvalue weighted by atomic mass is 9.80. The maximum absolute atomic E-state index is 5.59. The SMILES string of the molecule is COCCOCc1cccc(NC2CC(C)CC(C)C2)c1. The van der Waals surface area contributed by atoms with Crippen molar-refractivity contribution in [2.24, 2.45) is 11.8 Å². The third-order valence-electron chi connectivity index (χ3n) is 4.18. The average molecular weight is 291 g/mol. The van der Waals surface area contributed by atoms with Gasteiger partial charge >= 0.3 is 0 Å². The van der Waals surface area contributed by atoms with Crippen molar-refractivity contribution >= 4 is 5.69 Å². The second kappa shape index (κ2) is 8.40. The van der Waals surface area contributed by atoms with Gasteiger partial charge in [0, 0.05) is 18.8 Å². The molecule has 1 aromatic carbocycles. The molecule has 0 saturated heterocycles. The number of benzene rings is 1. The van der Waals surface area contributed by atoms with Gasteiger partial charge in [-0.3, -0.25) is 0 Å². The van der Waals surface area contributed by atoms with Gasteiger partial charge in [0.15, 0.2) is 0 Å². The fraction of sp³-hybridized carbons (Fsp3) is 0.667. The van der Waals surface area contributed by atoms with E-state index in [1.54, 1.807) is 7.11 Å². The van der Waals surface area contributed by atoms with Gasteiger partial charge in [0.25, 0.3) is 0 Å². The molecule has 1 N–H and O–H groups in total. The standard InChI is InChI=1S/C18H29NO2/c1-14-9-15(2)11-18(10-14)19-17-6-4-5-16(12-17)13-21-8-7-20-3/h4-6,12,14-15,18-19H,7-11,13H2,1-3H3. The number of methoxy groups -OCH3 is 1. The van der Waals surface area contributed by atoms with Crippen LogP contribution in [0.1, 0.15) is 38.7 Å². The molecular formula is C18H29NO2. The molecule has 1 aromatic rings. The highest BCUT2D eigenvalue weighted by Gasteiger charge is 2.23. The second-order valence-corrected chi connectivity index (χ2v) is 6.50. The molecule has 2 rings (SSSR count). The van der Waals surface area contributed by atoms with Crippen molar-refractivity contribution < 1.29 is 9.47 Å². The van der Waals surface area contributed by atoms with E-state index in [0.29, 0.717) is 25.9 Å². The van der Waals surface area contributed by atoms with E-state index >= 15 is 0 Å². The number of ether oxygens (including phenoxy) is 2. The first-order chi connectivity index (χ1) is 10.2. The molecule has 1 aliphatic carbocycles. The topological polar surface area (TPSA) is 30.5 Å². The first-order valence-corrected chi connectivity index (χ1v) is 8.09. The monoisotopic (exact) mass is 291 g/mol. The Labute approximate surface area is 129 Å². The van der Waals surface area contributed by atoms with Gasteiger partial charge in [-0.2, -0.15) is 0 Å². The summed E-state index contributed by atoms with van der Waals surface area (Å²) in [4.78, 5) is 0. The van der Waals surface area contributed by atoms with E-state index in [1.165, 1.54) is 30.5 Å². The highest BCUT2D eigenvalue weighted by molar-refractivity contribution is 5.46. The molecule has 0 aromatic heterocycles. The van der Waals surface area contributed by atoms with Crippen LogP contribution in [0.25, 0.3) is 0 Å². The quantitative estimate of drug-likeness (QED) is 0.768. The van der Waals surface area contributed by atoms with E-state index < -0.39 is 0 Å². The lowest BCUT2D eigenvalue weighted by Gasteiger charge is -2.32. The lowest BCUT2D eigenvalue weighted by molar-refractivity contribution is 0.0617. The van der Waals surface area contributed by atoms with Crippen LogP contribution in [0.3, 0.4) is 0 Å². The minimum Gasteiger partial charge on any atom is -0.382 e. The molecule has 0 spiro atoms. The highest BCUT2D eigenvalue weighted by atomic mass is 16.5. The number of anilines is 1. The van der Waals surface area contributed by atoms with E-state index in [0.717, 1.165) is 11.8 Å². The Morgan fingerprint density at radius 1 is 1.10 bits per heavy atom. The Hall–Kier alpha value is -1.06. The third-order valence-corrected chi connectivity index (χ3v) is 4.18. The summed E-state index contributed by atoms with van der Waals surface area (Å²) in [7, 11) is 1.69. The fourth-order valence-corrected chi connectivity index (χ4v) is 3.38. The first-order valence-electron chi connectivity index (χ1n) is 8.09. The van der Waals surface area contributed by atoms with Gasteiger partial charge in [-0.15, -0.1) is 0 Å². The van der Waals surface area contributed by atoms with Gasteiger partial charge in [0.2, 0.25) is 0 Å². The predicted octanol–water partition coefficient (Wildman–Crippen LogP) is 4.09. The maximum atomic E-state index is 5.59. The third kappa shape index (κ3) is 5.68. The highest BCUT2D eigenvalue weighted by Crippen LogP contribution is 2.30. The van der Waals surface area contributed by atoms with Gasteiger partial charge in [-0.25, -0.2) is 0 Å². The molecule has 0 bridgehead atoms. The Morgan fingerprint density at radius 2 is 1.86 bits per heavy atom. The van der Waals surface area contributed by atoms with Gasteiger partial charge < -0.3 is 14.8 Å². The number of rotatable bonds is 7. The van der Waals surface area contributed by atoms with E-state index in [1.807, 2.05) is 0 Å². The molecule has 1 saturated carbocycles. The first kappa shape index (κ1) is 16.3. The molecule has 1 aliphatic rings. The summed E-state index contributed by atoms with van der Waals surface area (Å²) in [5.41, 5.74) is 2.43. The molecule has 118 valence electrons. The van der Waals surface area contributed by atoms with Crippen molar-refractivity contribution in [3.63, 3.8) is 0 Å². The van der Waals surface area contributed by atoms with Crippen LogP contribution < -0.4 is 5.32 Å². The summed E-state index contributed by atoms with van der Waals surface area (Å²) in [5, 5.41) is 3.70. The molecule has 0 radical (unpaired) electrons. The number of nitrogens with one attached hydrogen (secondary N) is 1. The molecule has 2 unspecified atom stereocenters. The van der Waals surface area contributed by atoms with E-state index in [-0.39, 0.29) is 0 Å². The van der Waals surface area contributed by atoms with Crippen molar-refractivity contribution in [3.8, 4) is 0 Å². The molecule has 2 atom stereocenters. The molecule has 0 amide bonds. The maximum Gasteiger partial charge on any atom is 0.0718 e. The van der Waals surface area contributed by atoms with Crippen LogP contribution in [0.2, 0.25) is 0 Å². The smallest absolute Gasteiger partial charge is 0.0718 e. The molecule has 3 heteroatoms. The van der Waals surface area contributed by atoms with Gasteiger partial charge in [0.05, 0.1) is 19.8 Å². The van der Waals surface area contributed by atoms with Crippen molar-refractivity contribution in [1.82, 2.24) is 0 Å². The van der Waals surface area contributed by atoms with Crippen molar-refractivity contribution in [1.29, 1.82) is 0 Å². The summed E-state index contributed by atoms with van der Waals surface area (Å²) < 4.78 is 10.6. The summed E-state index contributed by atoms with van der Waals surface area (Å²) in [5.74, 6) is 1.65. The van der Waals surface area contributed by atoms with Crippen LogP contribution in [0.15, 0.2) is 24.3 Å². The van der Waals surface area contributed by atoms with Crippen LogP contribution in [0.5, 0.6) is 0 Å². The second-order valence-electron chi connectivity index (χ2n) is 6.50. The molecule has 3 nitrogen and oxygen atoms in total. The molecular weight excluding hydrogens is 262 g/mol. The summed E-state index contributed by atoms with van der Waals surface area (Å²) >= 11 is 0. The Morgan fingerprint density at radius 3 is 2.57 bits per heavy atom. The van der Waals surface area contributed by atoms with Crippen molar-refractivity contribution in [2.45, 2.75) is 45.8 Å². The van der Waals surface area contributed by atoms with Crippen molar-refractivity contribution in [3.05, 3.63) is 29.8 Å². The Bertz CT molecular complexity index is 411. The lowest BCUT2D eigenvalue weighted by Crippen LogP contribution is -2.30. The van der Waals surface area contributed by atoms with Crippen LogP contribution in [-0.2, 0) is 16.1 Å². The van der Waals surface area contributed by atoms with Gasteiger partial charge in [-0.05, 0) is 48.8 Å². The summed E-state index contributed by atoms with van der Waals surface area (Å²) in [6.45, 7) is 6.67. The van der Waals surface area contributed by atoms with Gasteiger partial charge in [-0.1, -0.05) is 26.0 Å². The Kier molecular flexibility index (Phi) is 6.52. The van der Waals surface area contributed by atoms with Crippen LogP contribution in [0, 0.1) is 11.8 Å². The minimum atomic E-state index is 0.605. The van der Waals surface area contributed by atoms with Crippen LogP contribution in [0.4, 0.5) is 5.69 Å².